The summed E-state index contributed by atoms with van der Waals surface area (Å²) in [5.41, 5.74) is 11.6. The molecule has 0 aliphatic heterocycles. The first-order valence-corrected chi connectivity index (χ1v) is 9.33. The van der Waals surface area contributed by atoms with E-state index in [1.54, 1.807) is 35.3 Å². The number of carbonyl (C=O) groups is 2. The molecule has 5 N–H and O–H groups in total. The van der Waals surface area contributed by atoms with Gasteiger partial charge in [0.05, 0.1) is 17.2 Å². The first-order chi connectivity index (χ1) is 14.6. The number of hydrogen-bond donors (Lipinski definition) is 4. The van der Waals surface area contributed by atoms with E-state index < -0.39 is 24.1 Å². The van der Waals surface area contributed by atoms with Crippen LogP contribution in [0.5, 0.6) is 0 Å². The molecule has 1 amide bonds. The van der Waals surface area contributed by atoms with Crippen molar-refractivity contribution in [2.24, 2.45) is 5.73 Å². The molecule has 2 heterocycles. The maximum absolute atomic E-state index is 11.3. The molecule has 14 heteroatoms. The number of nitrogens with zero attached hydrogens (tertiary/aromatic N) is 3. The molecule has 0 radical (unpaired) electrons. The maximum atomic E-state index is 11.3. The normalized spacial score (nSPS) is 11.9. The van der Waals surface area contributed by atoms with Crippen LogP contribution in [0.15, 0.2) is 39.7 Å². The number of aliphatic carboxylic acids is 1. The van der Waals surface area contributed by atoms with Gasteiger partial charge in [-0.1, -0.05) is 17.3 Å². The molecule has 1 unspecified atom stereocenters. The summed E-state index contributed by atoms with van der Waals surface area (Å²) in [5, 5.41) is 21.6. The molecule has 0 spiro atoms. The van der Waals surface area contributed by atoms with Gasteiger partial charge >= 0.3 is 12.1 Å². The summed E-state index contributed by atoms with van der Waals surface area (Å²) in [4.78, 5) is 28.7. The molecule has 0 bridgehead atoms. The first kappa shape index (κ1) is 23.9. The van der Waals surface area contributed by atoms with Gasteiger partial charge in [-0.15, -0.1) is 11.3 Å². The Bertz CT molecular complexity index is 993. The number of aromatic nitrogens is 3. The predicted octanol–water partition coefficient (Wildman–Crippen LogP) is 2.11. The zero-order chi connectivity index (χ0) is 23.0. The van der Waals surface area contributed by atoms with Crippen LogP contribution in [-0.4, -0.2) is 43.5 Å². The number of nitrogens with one attached hydrogen (secondary N) is 1. The lowest BCUT2D eigenvalue weighted by atomic mass is 10.1. The second kappa shape index (κ2) is 10.6. The molecule has 1 aromatic carbocycles. The van der Waals surface area contributed by atoms with Crippen LogP contribution in [0.4, 0.5) is 13.2 Å². The average Bonchev–Trinajstić information content (AvgIpc) is 3.40. The fourth-order valence-electron chi connectivity index (χ4n) is 2.16. The van der Waals surface area contributed by atoms with Gasteiger partial charge in [-0.2, -0.15) is 18.2 Å². The fourth-order valence-corrected chi connectivity index (χ4v) is 2.73. The monoisotopic (exact) mass is 459 g/mol. The summed E-state index contributed by atoms with van der Waals surface area (Å²) < 4.78 is 37.0. The third kappa shape index (κ3) is 7.44. The molecule has 31 heavy (non-hydrogen) atoms. The summed E-state index contributed by atoms with van der Waals surface area (Å²) >= 11 is 1.51. The Morgan fingerprint density at radius 1 is 1.26 bits per heavy atom. The summed E-state index contributed by atoms with van der Waals surface area (Å²) in [6.07, 6.45) is -4.09. The van der Waals surface area contributed by atoms with Crippen molar-refractivity contribution in [2.45, 2.75) is 25.1 Å². The number of carboxylic acids is 1. The van der Waals surface area contributed by atoms with Crippen molar-refractivity contribution in [2.75, 3.05) is 0 Å². The van der Waals surface area contributed by atoms with Crippen LogP contribution in [0, 0.1) is 0 Å². The Labute approximate surface area is 176 Å². The number of hydroxylamine groups is 1. The predicted molar refractivity (Wildman–Crippen MR) is 99.2 cm³/mol. The molecule has 0 saturated carbocycles. The topological polar surface area (TPSA) is 164 Å². The lowest BCUT2D eigenvalue weighted by Crippen LogP contribution is -2.21. The minimum atomic E-state index is -5.08. The van der Waals surface area contributed by atoms with E-state index in [4.69, 9.17) is 25.4 Å². The SMILES string of the molecule is NC(Cc1cscn1)c1nc(Cc2ccc(C(=O)NO)cc2)no1.O=C(O)C(F)(F)F. The van der Waals surface area contributed by atoms with Crippen molar-refractivity contribution >= 4 is 23.2 Å². The number of amides is 1. The molecule has 3 aromatic rings. The Morgan fingerprint density at radius 2 is 1.90 bits per heavy atom. The standard InChI is InChI=1S/C15H15N5O3S.C2HF3O2/c16-12(6-11-7-24-8-17-11)15-18-13(20-23-15)5-9-1-3-10(4-2-9)14(21)19-22;3-2(4,5)1(6)7/h1-4,7-8,12,22H,5-6,16H2,(H,19,21);(H,6,7). The van der Waals surface area contributed by atoms with Gasteiger partial charge in [0.25, 0.3) is 5.91 Å². The highest BCUT2D eigenvalue weighted by molar-refractivity contribution is 7.07. The number of nitrogens with two attached hydrogens (primary N) is 1. The van der Waals surface area contributed by atoms with Gasteiger partial charge in [-0.05, 0) is 17.7 Å². The Hall–Kier alpha value is -3.36. The molecule has 10 nitrogen and oxygen atoms in total. The van der Waals surface area contributed by atoms with Crippen LogP contribution in [0.3, 0.4) is 0 Å². The van der Waals surface area contributed by atoms with Crippen molar-refractivity contribution in [3.05, 3.63) is 63.7 Å². The van der Waals surface area contributed by atoms with Gasteiger partial charge in [0.15, 0.2) is 5.82 Å². The van der Waals surface area contributed by atoms with Crippen LogP contribution in [0.25, 0.3) is 0 Å². The van der Waals surface area contributed by atoms with E-state index in [0.717, 1.165) is 11.3 Å². The number of thiazole rings is 1. The van der Waals surface area contributed by atoms with Gasteiger partial charge in [0.1, 0.15) is 0 Å². The lowest BCUT2D eigenvalue weighted by molar-refractivity contribution is -0.192. The zero-order valence-corrected chi connectivity index (χ0v) is 16.4. The van der Waals surface area contributed by atoms with Gasteiger partial charge in [0, 0.05) is 23.8 Å². The van der Waals surface area contributed by atoms with Crippen molar-refractivity contribution < 1.29 is 37.6 Å². The van der Waals surface area contributed by atoms with E-state index in [9.17, 15) is 18.0 Å². The summed E-state index contributed by atoms with van der Waals surface area (Å²) in [6.45, 7) is 0. The Morgan fingerprint density at radius 3 is 2.42 bits per heavy atom. The van der Waals surface area contributed by atoms with E-state index in [0.29, 0.717) is 30.1 Å². The number of carboxylic acid groups (broad SMARTS) is 1. The first-order valence-electron chi connectivity index (χ1n) is 8.38. The zero-order valence-electron chi connectivity index (χ0n) is 15.5. The highest BCUT2D eigenvalue weighted by Crippen LogP contribution is 2.16. The van der Waals surface area contributed by atoms with Crippen LogP contribution >= 0.6 is 11.3 Å². The van der Waals surface area contributed by atoms with E-state index in [1.807, 2.05) is 5.38 Å². The van der Waals surface area contributed by atoms with Gasteiger partial charge < -0.3 is 15.4 Å². The molecule has 166 valence electrons. The van der Waals surface area contributed by atoms with Crippen molar-refractivity contribution in [3.63, 3.8) is 0 Å². The molecule has 1 atom stereocenters. The maximum Gasteiger partial charge on any atom is 0.490 e. The number of benzene rings is 1. The van der Waals surface area contributed by atoms with Crippen LogP contribution < -0.4 is 11.2 Å². The molecular formula is C17H16F3N5O5S. The average molecular weight is 459 g/mol. The summed E-state index contributed by atoms with van der Waals surface area (Å²) in [7, 11) is 0. The van der Waals surface area contributed by atoms with E-state index >= 15 is 0 Å². The third-order valence-corrected chi connectivity index (χ3v) is 4.27. The molecule has 2 aromatic heterocycles. The molecular weight excluding hydrogens is 443 g/mol. The minimum absolute atomic E-state index is 0.361. The molecule has 0 saturated heterocycles. The highest BCUT2D eigenvalue weighted by Gasteiger charge is 2.38. The van der Waals surface area contributed by atoms with E-state index in [1.165, 1.54) is 11.3 Å². The summed E-state index contributed by atoms with van der Waals surface area (Å²) in [5.74, 6) is -2.43. The highest BCUT2D eigenvalue weighted by atomic mass is 32.1. The van der Waals surface area contributed by atoms with Crippen LogP contribution in [0.2, 0.25) is 0 Å². The Kier molecular flexibility index (Phi) is 8.18. The number of alkyl halides is 3. The number of halogens is 3. The minimum Gasteiger partial charge on any atom is -0.475 e. The van der Waals surface area contributed by atoms with E-state index in [2.05, 4.69) is 15.1 Å². The van der Waals surface area contributed by atoms with Crippen molar-refractivity contribution in [1.82, 2.24) is 20.6 Å². The molecule has 0 fully saturated rings. The smallest absolute Gasteiger partial charge is 0.475 e. The van der Waals surface area contributed by atoms with Crippen molar-refractivity contribution in [3.8, 4) is 0 Å². The number of hydrogen-bond acceptors (Lipinski definition) is 9. The second-order valence-electron chi connectivity index (χ2n) is 5.96. The molecule has 0 aliphatic carbocycles. The van der Waals surface area contributed by atoms with Gasteiger partial charge in [-0.25, -0.2) is 15.3 Å². The lowest BCUT2D eigenvalue weighted by Gasteiger charge is -2.03. The third-order valence-electron chi connectivity index (χ3n) is 3.64. The fraction of sp³-hybridized carbons (Fsp3) is 0.235. The molecule has 3 rings (SSSR count). The van der Waals surface area contributed by atoms with E-state index in [-0.39, 0.29) is 0 Å². The molecule has 0 aliphatic rings. The van der Waals surface area contributed by atoms with Crippen LogP contribution in [-0.2, 0) is 17.6 Å². The second-order valence-corrected chi connectivity index (χ2v) is 6.68. The largest absolute Gasteiger partial charge is 0.490 e. The van der Waals surface area contributed by atoms with Crippen molar-refractivity contribution in [1.29, 1.82) is 0 Å². The van der Waals surface area contributed by atoms with Gasteiger partial charge in [-0.3, -0.25) is 10.0 Å². The summed E-state index contributed by atoms with van der Waals surface area (Å²) in [6, 6.07) is 6.33. The number of rotatable bonds is 6. The quantitative estimate of drug-likeness (QED) is 0.319. The van der Waals surface area contributed by atoms with Crippen LogP contribution in [0.1, 0.15) is 39.4 Å². The van der Waals surface area contributed by atoms with Gasteiger partial charge in [0.2, 0.25) is 5.89 Å². The Balaban J connectivity index is 0.000000423. The number of carbonyl (C=O) groups excluding carboxylic acids is 1.